The van der Waals surface area contributed by atoms with Crippen molar-refractivity contribution in [2.24, 2.45) is 17.6 Å². The molecule has 0 spiro atoms. The van der Waals surface area contributed by atoms with Crippen LogP contribution >= 0.6 is 0 Å². The van der Waals surface area contributed by atoms with Crippen LogP contribution in [0, 0.1) is 11.8 Å². The number of hydrogen-bond acceptors (Lipinski definition) is 4. The number of carbonyl (C=O) groups is 2. The number of aliphatic hydroxyl groups is 1. The van der Waals surface area contributed by atoms with Crippen molar-refractivity contribution in [3.05, 3.63) is 0 Å². The number of nitrogens with one attached hydrogen (secondary N) is 2. The zero-order valence-corrected chi connectivity index (χ0v) is 12.4. The van der Waals surface area contributed by atoms with E-state index in [0.29, 0.717) is 0 Å². The highest BCUT2D eigenvalue weighted by molar-refractivity contribution is 5.87. The molecule has 1 rings (SSSR count). The largest absolute Gasteiger partial charge is 0.396 e. The first-order valence-corrected chi connectivity index (χ1v) is 7.39. The fourth-order valence-corrected chi connectivity index (χ4v) is 2.46. The minimum atomic E-state index is -0.595. The van der Waals surface area contributed by atoms with Gasteiger partial charge in [-0.15, -0.1) is 0 Å². The van der Waals surface area contributed by atoms with Crippen LogP contribution in [0.15, 0.2) is 0 Å². The summed E-state index contributed by atoms with van der Waals surface area (Å²) in [5.41, 5.74) is 5.70. The Bertz CT molecular complexity index is 334. The van der Waals surface area contributed by atoms with Gasteiger partial charge in [0, 0.05) is 18.6 Å². The fourth-order valence-electron chi connectivity index (χ4n) is 2.46. The number of hydrogen-bond donors (Lipinski definition) is 4. The standard InChI is InChI=1S/C14H27N3O3/c1-9(2)13(15)14(20)16-7-12(19)17-11-6-4-3-5-10(11)8-18/h9-11,13,18H,3-8,15H2,1-2H3,(H,16,20)(H,17,19)/t10?,11?,13-/m0/s1. The third kappa shape index (κ3) is 5.09. The Morgan fingerprint density at radius 1 is 1.30 bits per heavy atom. The van der Waals surface area contributed by atoms with Crippen molar-refractivity contribution >= 4 is 11.8 Å². The fraction of sp³-hybridized carbons (Fsp3) is 0.857. The summed E-state index contributed by atoms with van der Waals surface area (Å²) in [5, 5.41) is 14.7. The monoisotopic (exact) mass is 285 g/mol. The zero-order valence-electron chi connectivity index (χ0n) is 12.4. The number of carbonyl (C=O) groups excluding carboxylic acids is 2. The Kier molecular flexibility index (Phi) is 6.95. The Labute approximate surface area is 120 Å². The predicted molar refractivity (Wildman–Crippen MR) is 76.8 cm³/mol. The molecular formula is C14H27N3O3. The van der Waals surface area contributed by atoms with Gasteiger partial charge in [-0.2, -0.15) is 0 Å². The van der Waals surface area contributed by atoms with Crippen LogP contribution in [-0.4, -0.2) is 42.2 Å². The van der Waals surface area contributed by atoms with Crippen LogP contribution in [-0.2, 0) is 9.59 Å². The molecule has 0 aromatic rings. The first-order valence-electron chi connectivity index (χ1n) is 7.39. The van der Waals surface area contributed by atoms with E-state index >= 15 is 0 Å². The maximum absolute atomic E-state index is 11.8. The molecule has 2 unspecified atom stereocenters. The smallest absolute Gasteiger partial charge is 0.239 e. The van der Waals surface area contributed by atoms with Crippen LogP contribution in [0.2, 0.25) is 0 Å². The lowest BCUT2D eigenvalue weighted by atomic mass is 9.85. The lowest BCUT2D eigenvalue weighted by molar-refractivity contribution is -0.128. The molecule has 0 aromatic heterocycles. The van der Waals surface area contributed by atoms with Gasteiger partial charge < -0.3 is 21.5 Å². The number of nitrogens with two attached hydrogens (primary N) is 1. The van der Waals surface area contributed by atoms with Gasteiger partial charge in [-0.3, -0.25) is 9.59 Å². The molecule has 20 heavy (non-hydrogen) atoms. The summed E-state index contributed by atoms with van der Waals surface area (Å²) in [6.07, 6.45) is 3.98. The van der Waals surface area contributed by atoms with Gasteiger partial charge in [0.1, 0.15) is 0 Å². The molecule has 0 bridgehead atoms. The van der Waals surface area contributed by atoms with Crippen LogP contribution in [0.25, 0.3) is 0 Å². The van der Waals surface area contributed by atoms with Crippen molar-refractivity contribution in [2.45, 2.75) is 51.6 Å². The van der Waals surface area contributed by atoms with E-state index < -0.39 is 6.04 Å². The number of aliphatic hydroxyl groups excluding tert-OH is 1. The lowest BCUT2D eigenvalue weighted by Crippen LogP contribution is -2.50. The lowest BCUT2D eigenvalue weighted by Gasteiger charge is -2.30. The molecule has 116 valence electrons. The van der Waals surface area contributed by atoms with E-state index in [2.05, 4.69) is 10.6 Å². The minimum absolute atomic E-state index is 0.0110. The second-order valence-corrected chi connectivity index (χ2v) is 5.89. The Morgan fingerprint density at radius 3 is 2.55 bits per heavy atom. The van der Waals surface area contributed by atoms with Gasteiger partial charge in [0.05, 0.1) is 12.6 Å². The molecule has 2 amide bonds. The van der Waals surface area contributed by atoms with Crippen LogP contribution in [0.3, 0.4) is 0 Å². The third-order valence-electron chi connectivity index (χ3n) is 3.93. The number of rotatable bonds is 6. The highest BCUT2D eigenvalue weighted by atomic mass is 16.3. The first-order chi connectivity index (χ1) is 9.45. The zero-order chi connectivity index (χ0) is 15.1. The summed E-state index contributed by atoms with van der Waals surface area (Å²) < 4.78 is 0. The van der Waals surface area contributed by atoms with E-state index in [-0.39, 0.29) is 42.8 Å². The molecule has 0 heterocycles. The average Bonchev–Trinajstić information content (AvgIpc) is 2.44. The van der Waals surface area contributed by atoms with Crippen molar-refractivity contribution in [3.63, 3.8) is 0 Å². The summed E-state index contributed by atoms with van der Waals surface area (Å²) in [7, 11) is 0. The van der Waals surface area contributed by atoms with Gasteiger partial charge in [0.15, 0.2) is 0 Å². The summed E-state index contributed by atoms with van der Waals surface area (Å²) >= 11 is 0. The maximum Gasteiger partial charge on any atom is 0.239 e. The topological polar surface area (TPSA) is 104 Å². The summed E-state index contributed by atoms with van der Waals surface area (Å²) in [6.45, 7) is 3.75. The van der Waals surface area contributed by atoms with Crippen molar-refractivity contribution in [2.75, 3.05) is 13.2 Å². The summed E-state index contributed by atoms with van der Waals surface area (Å²) in [4.78, 5) is 23.5. The molecule has 0 aromatic carbocycles. The van der Waals surface area contributed by atoms with E-state index in [0.717, 1.165) is 25.7 Å². The van der Waals surface area contributed by atoms with Crippen molar-refractivity contribution in [1.82, 2.24) is 10.6 Å². The summed E-state index contributed by atoms with van der Waals surface area (Å²) in [6, 6.07) is -0.584. The van der Waals surface area contributed by atoms with Gasteiger partial charge in [0.2, 0.25) is 11.8 Å². The van der Waals surface area contributed by atoms with Crippen LogP contribution < -0.4 is 16.4 Å². The normalized spacial score (nSPS) is 24.2. The third-order valence-corrected chi connectivity index (χ3v) is 3.93. The van der Waals surface area contributed by atoms with Crippen LogP contribution in [0.1, 0.15) is 39.5 Å². The van der Waals surface area contributed by atoms with Gasteiger partial charge in [0.25, 0.3) is 0 Å². The molecule has 1 fully saturated rings. The van der Waals surface area contributed by atoms with E-state index in [9.17, 15) is 14.7 Å². The highest BCUT2D eigenvalue weighted by Crippen LogP contribution is 2.23. The molecule has 1 aliphatic carbocycles. The summed E-state index contributed by atoms with van der Waals surface area (Å²) in [5.74, 6) is -0.367. The average molecular weight is 285 g/mol. The maximum atomic E-state index is 11.8. The van der Waals surface area contributed by atoms with Crippen LogP contribution in [0.4, 0.5) is 0 Å². The molecule has 0 aliphatic heterocycles. The van der Waals surface area contributed by atoms with E-state index in [1.807, 2.05) is 13.8 Å². The van der Waals surface area contributed by atoms with E-state index in [1.54, 1.807) is 0 Å². The SMILES string of the molecule is CC(C)[C@H](N)C(=O)NCC(=O)NC1CCCCC1CO. The molecule has 3 atom stereocenters. The van der Waals surface area contributed by atoms with Gasteiger partial charge >= 0.3 is 0 Å². The minimum Gasteiger partial charge on any atom is -0.396 e. The molecular weight excluding hydrogens is 258 g/mol. The molecule has 0 radical (unpaired) electrons. The van der Waals surface area contributed by atoms with Gasteiger partial charge in [-0.1, -0.05) is 26.7 Å². The first kappa shape index (κ1) is 16.9. The second-order valence-electron chi connectivity index (χ2n) is 5.89. The van der Waals surface area contributed by atoms with Crippen molar-refractivity contribution < 1.29 is 14.7 Å². The molecule has 1 aliphatic rings. The van der Waals surface area contributed by atoms with Gasteiger partial charge in [-0.05, 0) is 18.8 Å². The predicted octanol–water partition coefficient (Wildman–Crippen LogP) is -0.247. The van der Waals surface area contributed by atoms with Gasteiger partial charge in [-0.25, -0.2) is 0 Å². The molecule has 6 nitrogen and oxygen atoms in total. The molecule has 0 saturated heterocycles. The van der Waals surface area contributed by atoms with E-state index in [1.165, 1.54) is 0 Å². The molecule has 6 heteroatoms. The molecule has 1 saturated carbocycles. The molecule has 5 N–H and O–H groups in total. The van der Waals surface area contributed by atoms with Crippen molar-refractivity contribution in [1.29, 1.82) is 0 Å². The Hall–Kier alpha value is -1.14. The quantitative estimate of drug-likeness (QED) is 0.540. The van der Waals surface area contributed by atoms with Crippen molar-refractivity contribution in [3.8, 4) is 0 Å². The Morgan fingerprint density at radius 2 is 1.95 bits per heavy atom. The highest BCUT2D eigenvalue weighted by Gasteiger charge is 2.26. The van der Waals surface area contributed by atoms with Crippen LogP contribution in [0.5, 0.6) is 0 Å². The number of amides is 2. The second kappa shape index (κ2) is 8.21. The van der Waals surface area contributed by atoms with E-state index in [4.69, 9.17) is 5.73 Å². The Balaban J connectivity index is 2.34.